The van der Waals surface area contributed by atoms with Gasteiger partial charge in [0, 0.05) is 12.3 Å². The van der Waals surface area contributed by atoms with Crippen LogP contribution in [0.5, 0.6) is 0 Å². The van der Waals surface area contributed by atoms with Crippen molar-refractivity contribution in [1.82, 2.24) is 14.8 Å². The highest BCUT2D eigenvalue weighted by atomic mass is 35.5. The fourth-order valence-electron chi connectivity index (χ4n) is 1.91. The molecule has 2 aromatic heterocycles. The quantitative estimate of drug-likeness (QED) is 0.532. The highest BCUT2D eigenvalue weighted by Crippen LogP contribution is 2.32. The van der Waals surface area contributed by atoms with E-state index in [0.717, 1.165) is 0 Å². The van der Waals surface area contributed by atoms with Crippen LogP contribution in [0.2, 0.25) is 5.15 Å². The molecule has 0 atom stereocenters. The maximum Gasteiger partial charge on any atom is 0.281 e. The summed E-state index contributed by atoms with van der Waals surface area (Å²) in [6, 6.07) is 10.1. The van der Waals surface area contributed by atoms with Gasteiger partial charge < -0.3 is 0 Å². The number of nitro benzene ring substituents is 1. The van der Waals surface area contributed by atoms with Crippen LogP contribution in [0.1, 0.15) is 0 Å². The number of hydrogen-bond acceptors (Lipinski definition) is 4. The van der Waals surface area contributed by atoms with Crippen LogP contribution in [0.4, 0.5) is 5.69 Å². The lowest BCUT2D eigenvalue weighted by atomic mass is 10.2. The predicted molar refractivity (Wildman–Crippen MR) is 70.5 cm³/mol. The van der Waals surface area contributed by atoms with E-state index in [1.54, 1.807) is 36.5 Å². The maximum absolute atomic E-state index is 11.0. The van der Waals surface area contributed by atoms with Gasteiger partial charge in [0.1, 0.15) is 5.39 Å². The number of fused-ring (bicyclic) bond motifs is 1. The van der Waals surface area contributed by atoms with Gasteiger partial charge in [0.25, 0.3) is 5.69 Å². The molecule has 1 aromatic carbocycles. The van der Waals surface area contributed by atoms with E-state index in [1.807, 2.05) is 0 Å². The fraction of sp³-hybridized carbons (Fsp3) is 0. The van der Waals surface area contributed by atoms with Crippen LogP contribution in [0, 0.1) is 10.1 Å². The molecule has 94 valence electrons. The van der Waals surface area contributed by atoms with Crippen molar-refractivity contribution in [2.45, 2.75) is 0 Å². The number of pyridine rings is 1. The molecule has 0 spiro atoms. The molecule has 0 radical (unpaired) electrons. The van der Waals surface area contributed by atoms with E-state index in [9.17, 15) is 10.1 Å². The molecule has 2 heterocycles. The van der Waals surface area contributed by atoms with Crippen LogP contribution in [0.3, 0.4) is 0 Å². The zero-order valence-electron chi connectivity index (χ0n) is 9.52. The Bertz CT molecular complexity index is 770. The van der Waals surface area contributed by atoms with Gasteiger partial charge in [0.15, 0.2) is 11.0 Å². The maximum atomic E-state index is 11.0. The van der Waals surface area contributed by atoms with Gasteiger partial charge in [-0.1, -0.05) is 23.7 Å². The van der Waals surface area contributed by atoms with Gasteiger partial charge in [-0.3, -0.25) is 10.1 Å². The minimum Gasteiger partial charge on any atom is -0.258 e. The molecule has 0 N–H and O–H groups in total. The molecule has 0 saturated carbocycles. The third-order valence-electron chi connectivity index (χ3n) is 2.71. The Morgan fingerprint density at radius 2 is 2.05 bits per heavy atom. The van der Waals surface area contributed by atoms with E-state index in [1.165, 1.54) is 10.7 Å². The van der Waals surface area contributed by atoms with Crippen LogP contribution >= 0.6 is 11.6 Å². The monoisotopic (exact) mass is 274 g/mol. The van der Waals surface area contributed by atoms with Crippen molar-refractivity contribution >= 4 is 28.2 Å². The van der Waals surface area contributed by atoms with Crippen LogP contribution < -0.4 is 0 Å². The average molecular weight is 275 g/mol. The molecule has 7 heteroatoms. The van der Waals surface area contributed by atoms with Crippen molar-refractivity contribution in [1.29, 1.82) is 0 Å². The first kappa shape index (κ1) is 11.6. The van der Waals surface area contributed by atoms with Gasteiger partial charge in [-0.2, -0.15) is 5.10 Å². The van der Waals surface area contributed by atoms with Crippen LogP contribution in [-0.4, -0.2) is 19.7 Å². The first-order valence-electron chi connectivity index (χ1n) is 5.41. The van der Waals surface area contributed by atoms with Crippen LogP contribution in [0.25, 0.3) is 16.7 Å². The first-order valence-corrected chi connectivity index (χ1v) is 5.79. The summed E-state index contributed by atoms with van der Waals surface area (Å²) in [5.74, 6) is 0.555. The van der Waals surface area contributed by atoms with E-state index in [4.69, 9.17) is 11.6 Å². The summed E-state index contributed by atoms with van der Waals surface area (Å²) in [7, 11) is 0. The Morgan fingerprint density at radius 3 is 2.74 bits per heavy atom. The van der Waals surface area contributed by atoms with Gasteiger partial charge >= 0.3 is 0 Å². The minimum atomic E-state index is -0.474. The summed E-state index contributed by atoms with van der Waals surface area (Å²) in [6.07, 6.45) is 1.62. The number of hydrogen-bond donors (Lipinski definition) is 0. The zero-order valence-corrected chi connectivity index (χ0v) is 10.3. The number of aromatic nitrogens is 3. The molecule has 0 unspecified atom stereocenters. The second-order valence-corrected chi connectivity index (χ2v) is 4.18. The summed E-state index contributed by atoms with van der Waals surface area (Å²) in [5.41, 5.74) is 0.489. The summed E-state index contributed by atoms with van der Waals surface area (Å²) < 4.78 is 1.49. The van der Waals surface area contributed by atoms with Gasteiger partial charge in [-0.05, 0) is 18.2 Å². The van der Waals surface area contributed by atoms with Gasteiger partial charge in [0.2, 0.25) is 0 Å². The first-order chi connectivity index (χ1) is 9.18. The van der Waals surface area contributed by atoms with E-state index in [-0.39, 0.29) is 10.8 Å². The molecule has 0 bridgehead atoms. The Kier molecular flexibility index (Phi) is 2.64. The van der Waals surface area contributed by atoms with Gasteiger partial charge in [-0.15, -0.1) is 0 Å². The Hall–Kier alpha value is -2.47. The van der Waals surface area contributed by atoms with Crippen molar-refractivity contribution in [2.24, 2.45) is 0 Å². The van der Waals surface area contributed by atoms with Crippen molar-refractivity contribution in [2.75, 3.05) is 0 Å². The van der Waals surface area contributed by atoms with Crippen molar-refractivity contribution in [3.05, 3.63) is 57.9 Å². The number of nitro groups is 1. The number of nitrogens with zero attached hydrogens (tertiary/aromatic N) is 4. The number of rotatable bonds is 2. The summed E-state index contributed by atoms with van der Waals surface area (Å²) >= 11 is 6.01. The average Bonchev–Trinajstić information content (AvgIpc) is 2.77. The molecular formula is C12H7ClN4O2. The third-order valence-corrected chi connectivity index (χ3v) is 2.97. The number of halogens is 1. The van der Waals surface area contributed by atoms with Crippen molar-refractivity contribution in [3.8, 4) is 5.82 Å². The molecule has 3 rings (SSSR count). The van der Waals surface area contributed by atoms with E-state index in [2.05, 4.69) is 10.1 Å². The predicted octanol–water partition coefficient (Wildman–Crippen LogP) is 2.98. The Morgan fingerprint density at radius 1 is 1.21 bits per heavy atom. The molecule has 0 aliphatic rings. The summed E-state index contributed by atoms with van der Waals surface area (Å²) in [4.78, 5) is 14.7. The fourth-order valence-corrected chi connectivity index (χ4v) is 2.18. The molecule has 19 heavy (non-hydrogen) atoms. The Labute approximate surface area is 112 Å². The number of non-ortho nitro benzene ring substituents is 1. The molecular weight excluding hydrogens is 268 g/mol. The molecule has 0 aliphatic heterocycles. The SMILES string of the molecule is O=[N+]([O-])c1cccc2c1c(Cl)nn2-c1ccccn1. The third kappa shape index (κ3) is 1.82. The second kappa shape index (κ2) is 4.33. The zero-order chi connectivity index (χ0) is 13.4. The summed E-state index contributed by atoms with van der Waals surface area (Å²) in [5, 5.41) is 15.5. The minimum absolute atomic E-state index is 0.0651. The number of benzene rings is 1. The lowest BCUT2D eigenvalue weighted by Gasteiger charge is -2.01. The molecule has 0 saturated heterocycles. The smallest absolute Gasteiger partial charge is 0.258 e. The van der Waals surface area contributed by atoms with E-state index < -0.39 is 4.92 Å². The molecule has 0 aliphatic carbocycles. The van der Waals surface area contributed by atoms with Gasteiger partial charge in [-0.25, -0.2) is 9.67 Å². The molecule has 0 fully saturated rings. The topological polar surface area (TPSA) is 73.8 Å². The molecule has 3 aromatic rings. The Balaban J connectivity index is 2.35. The van der Waals surface area contributed by atoms with Gasteiger partial charge in [0.05, 0.1) is 10.4 Å². The summed E-state index contributed by atoms with van der Waals surface area (Å²) in [6.45, 7) is 0. The van der Waals surface area contributed by atoms with E-state index >= 15 is 0 Å². The lowest BCUT2D eigenvalue weighted by molar-refractivity contribution is -0.383. The lowest BCUT2D eigenvalue weighted by Crippen LogP contribution is -1.98. The highest BCUT2D eigenvalue weighted by molar-refractivity contribution is 6.35. The van der Waals surface area contributed by atoms with Crippen molar-refractivity contribution < 1.29 is 4.92 Å². The molecule has 6 nitrogen and oxygen atoms in total. The highest BCUT2D eigenvalue weighted by Gasteiger charge is 2.20. The van der Waals surface area contributed by atoms with Crippen molar-refractivity contribution in [3.63, 3.8) is 0 Å². The largest absolute Gasteiger partial charge is 0.281 e. The van der Waals surface area contributed by atoms with Crippen LogP contribution in [0.15, 0.2) is 42.6 Å². The standard InChI is InChI=1S/C12H7ClN4O2/c13-12-11-8(4-3-5-9(11)17(18)19)16(15-12)10-6-1-2-7-14-10/h1-7H. The normalized spacial score (nSPS) is 10.8. The second-order valence-electron chi connectivity index (χ2n) is 3.82. The molecule has 0 amide bonds. The van der Waals surface area contributed by atoms with E-state index in [0.29, 0.717) is 16.7 Å². The van der Waals surface area contributed by atoms with Crippen LogP contribution in [-0.2, 0) is 0 Å².